The van der Waals surface area contributed by atoms with E-state index in [1.165, 1.54) is 12.2 Å². The number of hydrogen-bond acceptors (Lipinski definition) is 7. The van der Waals surface area contributed by atoms with E-state index >= 15 is 4.39 Å². The molecular weight excluding hydrogens is 491 g/mol. The monoisotopic (exact) mass is 528 g/mol. The molecule has 0 aromatic rings. The van der Waals surface area contributed by atoms with Crippen LogP contribution in [0.1, 0.15) is 72.1 Å². The summed E-state index contributed by atoms with van der Waals surface area (Å²) in [6.07, 6.45) is 7.20. The van der Waals surface area contributed by atoms with Crippen molar-refractivity contribution >= 4 is 23.5 Å². The summed E-state index contributed by atoms with van der Waals surface area (Å²) in [5.74, 6) is -3.38. The molecule has 0 amide bonds. The lowest BCUT2D eigenvalue weighted by Crippen LogP contribution is -2.70. The van der Waals surface area contributed by atoms with E-state index in [4.69, 9.17) is 9.47 Å². The third kappa shape index (κ3) is 3.34. The minimum atomic E-state index is -2.05. The van der Waals surface area contributed by atoms with Crippen LogP contribution in [0.25, 0.3) is 0 Å². The summed E-state index contributed by atoms with van der Waals surface area (Å²) < 4.78 is 29.1. The second-order valence-corrected chi connectivity index (χ2v) is 13.1. The van der Waals surface area contributed by atoms with Crippen LogP contribution in [0.4, 0.5) is 4.39 Å². The predicted molar refractivity (Wildman–Crippen MR) is 133 cm³/mol. The topological polar surface area (TPSA) is 107 Å². The maximum absolute atomic E-state index is 17.5. The number of ether oxygens (including phenoxy) is 2. The van der Waals surface area contributed by atoms with Gasteiger partial charge in [0.15, 0.2) is 23.7 Å². The highest BCUT2D eigenvalue weighted by molar-refractivity contribution is 6.01. The third-order valence-corrected chi connectivity index (χ3v) is 11.0. The van der Waals surface area contributed by atoms with Crippen LogP contribution in [-0.2, 0) is 28.7 Å². The van der Waals surface area contributed by atoms with Crippen LogP contribution in [0.2, 0.25) is 0 Å². The van der Waals surface area contributed by atoms with Crippen molar-refractivity contribution < 1.29 is 38.1 Å². The number of aliphatic hydroxyl groups excluding tert-OH is 1. The molecule has 0 spiro atoms. The smallest absolute Gasteiger partial charge is 0.309 e. The number of fused-ring (bicyclic) bond motifs is 5. The van der Waals surface area contributed by atoms with Crippen molar-refractivity contribution in [3.05, 3.63) is 23.8 Å². The zero-order valence-electron chi connectivity index (χ0n) is 22.3. The van der Waals surface area contributed by atoms with Crippen LogP contribution in [-0.4, -0.2) is 52.6 Å². The average molecular weight is 529 g/mol. The van der Waals surface area contributed by atoms with Gasteiger partial charge in [-0.1, -0.05) is 25.5 Å². The van der Waals surface area contributed by atoms with Crippen LogP contribution >= 0.6 is 0 Å². The lowest BCUT2D eigenvalue weighted by molar-refractivity contribution is -0.229. The van der Waals surface area contributed by atoms with Crippen molar-refractivity contribution in [1.82, 2.24) is 0 Å². The van der Waals surface area contributed by atoms with Gasteiger partial charge in [0.05, 0.1) is 17.9 Å². The molecule has 0 aromatic carbocycles. The standard InChI is InChI=1S/C30H37FO7/c1-16-12-22-21-9-8-19-13-20(32)10-11-27(19,2)29(21,31)23(33)14-28(22,3)30(16,38-26(36)18-6-7-18)24(34)15-37-25(35)17-4-5-17/h10-11,13,16-18,21-23,33H,4-9,12,14-15H2,1-3H3/t16-,21+,22+,23+,27+,28+,29+,30+/m1/s1. The van der Waals surface area contributed by atoms with Gasteiger partial charge in [0.1, 0.15) is 0 Å². The Bertz CT molecular complexity index is 1170. The highest BCUT2D eigenvalue weighted by atomic mass is 19.1. The number of Topliss-reactive ketones (excluding diaryl/α,β-unsaturated/α-hetero) is 1. The fourth-order valence-corrected chi connectivity index (χ4v) is 8.64. The zero-order chi connectivity index (χ0) is 27.3. The molecule has 5 saturated carbocycles. The van der Waals surface area contributed by atoms with Gasteiger partial charge in [-0.25, -0.2) is 4.39 Å². The molecule has 6 aliphatic carbocycles. The zero-order valence-corrected chi connectivity index (χ0v) is 22.3. The number of carbonyl (C=O) groups excluding carboxylic acids is 4. The molecule has 7 nitrogen and oxygen atoms in total. The molecule has 1 N–H and O–H groups in total. The summed E-state index contributed by atoms with van der Waals surface area (Å²) in [6, 6.07) is 0. The van der Waals surface area contributed by atoms with Crippen LogP contribution in [0, 0.1) is 40.4 Å². The van der Waals surface area contributed by atoms with E-state index < -0.39 is 64.4 Å². The minimum Gasteiger partial charge on any atom is -0.457 e. The first-order chi connectivity index (χ1) is 17.9. The number of carbonyl (C=O) groups is 4. The van der Waals surface area contributed by atoms with Crippen LogP contribution in [0.15, 0.2) is 23.8 Å². The number of aliphatic hydroxyl groups is 1. The van der Waals surface area contributed by atoms with Crippen LogP contribution < -0.4 is 0 Å². The SMILES string of the molecule is C[C@@H]1C[C@H]2[C@@H]3CCC4=CC(=O)C=C[C@]4(C)[C@@]3(F)[C@@H](O)C[C@]2(C)[C@@]1(OC(=O)C1CC1)C(=O)COC(=O)C1CC1. The Morgan fingerprint density at radius 2 is 1.71 bits per heavy atom. The van der Waals surface area contributed by atoms with E-state index in [1.54, 1.807) is 13.0 Å². The molecule has 0 aliphatic heterocycles. The number of ketones is 2. The van der Waals surface area contributed by atoms with Gasteiger partial charge >= 0.3 is 11.9 Å². The second kappa shape index (κ2) is 8.33. The van der Waals surface area contributed by atoms with E-state index in [0.717, 1.165) is 12.8 Å². The molecule has 0 heterocycles. The summed E-state index contributed by atoms with van der Waals surface area (Å²) >= 11 is 0. The number of allylic oxidation sites excluding steroid dienone is 4. The quantitative estimate of drug-likeness (QED) is 0.523. The molecule has 0 radical (unpaired) electrons. The summed E-state index contributed by atoms with van der Waals surface area (Å²) in [7, 11) is 0. The van der Waals surface area contributed by atoms with Gasteiger partial charge in [-0.15, -0.1) is 0 Å². The van der Waals surface area contributed by atoms with Crippen molar-refractivity contribution in [1.29, 1.82) is 0 Å². The molecule has 8 atom stereocenters. The molecule has 6 aliphatic rings. The Morgan fingerprint density at radius 3 is 2.37 bits per heavy atom. The largest absolute Gasteiger partial charge is 0.457 e. The highest BCUT2D eigenvalue weighted by Crippen LogP contribution is 2.71. The molecule has 38 heavy (non-hydrogen) atoms. The first kappa shape index (κ1) is 25.9. The first-order valence-electron chi connectivity index (χ1n) is 14.1. The lowest BCUT2D eigenvalue weighted by Gasteiger charge is -2.62. The number of halogens is 1. The Labute approximate surface area is 222 Å². The number of hydrogen-bond donors (Lipinski definition) is 1. The Morgan fingerprint density at radius 1 is 1.05 bits per heavy atom. The van der Waals surface area contributed by atoms with Crippen molar-refractivity contribution in [2.45, 2.75) is 89.5 Å². The second-order valence-electron chi connectivity index (χ2n) is 13.1. The van der Waals surface area contributed by atoms with Crippen molar-refractivity contribution in [3.8, 4) is 0 Å². The van der Waals surface area contributed by atoms with Crippen molar-refractivity contribution in [2.24, 2.45) is 40.4 Å². The minimum absolute atomic E-state index is 0.0834. The van der Waals surface area contributed by atoms with Gasteiger partial charge in [-0.05, 0) is 76.4 Å². The molecule has 0 bridgehead atoms. The van der Waals surface area contributed by atoms with Gasteiger partial charge in [0, 0.05) is 22.7 Å². The lowest BCUT2D eigenvalue weighted by atomic mass is 9.44. The number of rotatable bonds is 6. The van der Waals surface area contributed by atoms with Gasteiger partial charge in [-0.3, -0.25) is 19.2 Å². The van der Waals surface area contributed by atoms with Gasteiger partial charge in [0.2, 0.25) is 5.78 Å². The third-order valence-electron chi connectivity index (χ3n) is 11.0. The maximum atomic E-state index is 17.5. The number of alkyl halides is 1. The molecule has 5 fully saturated rings. The van der Waals surface area contributed by atoms with Gasteiger partial charge in [-0.2, -0.15) is 0 Å². The van der Waals surface area contributed by atoms with E-state index in [1.807, 2.05) is 13.8 Å². The van der Waals surface area contributed by atoms with E-state index in [9.17, 15) is 24.3 Å². The Kier molecular flexibility index (Phi) is 5.67. The Hall–Kier alpha value is -2.35. The average Bonchev–Trinajstić information content (AvgIpc) is 3.77. The summed E-state index contributed by atoms with van der Waals surface area (Å²) in [4.78, 5) is 51.5. The van der Waals surface area contributed by atoms with Gasteiger partial charge < -0.3 is 14.6 Å². The first-order valence-corrected chi connectivity index (χ1v) is 14.1. The highest BCUT2D eigenvalue weighted by Gasteiger charge is 2.77. The van der Waals surface area contributed by atoms with Gasteiger partial charge in [0.25, 0.3) is 0 Å². The van der Waals surface area contributed by atoms with E-state index in [2.05, 4.69) is 0 Å². The fraction of sp³-hybridized carbons (Fsp3) is 0.733. The summed E-state index contributed by atoms with van der Waals surface area (Å²) in [6.45, 7) is 4.95. The number of esters is 2. The molecule has 0 saturated heterocycles. The Balaban J connectivity index is 1.39. The van der Waals surface area contributed by atoms with E-state index in [0.29, 0.717) is 37.7 Å². The van der Waals surface area contributed by atoms with E-state index in [-0.39, 0.29) is 30.0 Å². The molecule has 206 valence electrons. The molecule has 0 unspecified atom stereocenters. The van der Waals surface area contributed by atoms with Crippen LogP contribution in [0.3, 0.4) is 0 Å². The molecule has 6 rings (SSSR count). The molecular formula is C30H37FO7. The molecule has 0 aromatic heterocycles. The van der Waals surface area contributed by atoms with Crippen molar-refractivity contribution in [3.63, 3.8) is 0 Å². The normalized spacial score (nSPS) is 45.4. The van der Waals surface area contributed by atoms with Crippen molar-refractivity contribution in [2.75, 3.05) is 6.61 Å². The fourth-order valence-electron chi connectivity index (χ4n) is 8.64. The predicted octanol–water partition coefficient (Wildman–Crippen LogP) is 3.82. The summed E-state index contributed by atoms with van der Waals surface area (Å²) in [5.41, 5.74) is -5.18. The summed E-state index contributed by atoms with van der Waals surface area (Å²) in [5, 5.41) is 11.6. The molecule has 8 heteroatoms. The van der Waals surface area contributed by atoms with Crippen LogP contribution in [0.5, 0.6) is 0 Å². The maximum Gasteiger partial charge on any atom is 0.309 e.